The highest BCUT2D eigenvalue weighted by molar-refractivity contribution is 6.62. The fourth-order valence-electron chi connectivity index (χ4n) is 1.80. The minimum Gasteiger partial charge on any atom is -0.0925 e. The molecule has 118 valence electrons. The standard InChI is InChI=1S/C14H6Cl8/c15-9-6-8(10(16)12(18)11(9)17)14(21,22)13(19,20)7-4-2-1-3-5-7/h1-6H. The van der Waals surface area contributed by atoms with Crippen molar-refractivity contribution in [3.8, 4) is 0 Å². The summed E-state index contributed by atoms with van der Waals surface area (Å²) in [5.74, 6) is 0. The quantitative estimate of drug-likeness (QED) is 0.247. The monoisotopic (exact) mass is 454 g/mol. The first-order chi connectivity index (χ1) is 10.1. The van der Waals surface area contributed by atoms with Crippen molar-refractivity contribution in [2.75, 3.05) is 0 Å². The van der Waals surface area contributed by atoms with Crippen LogP contribution in [0, 0.1) is 0 Å². The molecule has 0 fully saturated rings. The van der Waals surface area contributed by atoms with Gasteiger partial charge in [0.15, 0.2) is 8.67 Å². The van der Waals surface area contributed by atoms with Gasteiger partial charge in [-0.1, -0.05) is 123 Å². The van der Waals surface area contributed by atoms with E-state index in [1.54, 1.807) is 30.3 Å². The molecule has 0 aliphatic carbocycles. The van der Waals surface area contributed by atoms with Gasteiger partial charge in [-0.25, -0.2) is 0 Å². The summed E-state index contributed by atoms with van der Waals surface area (Å²) in [4.78, 5) is 0. The summed E-state index contributed by atoms with van der Waals surface area (Å²) >= 11 is 49.9. The van der Waals surface area contributed by atoms with Gasteiger partial charge in [-0.3, -0.25) is 0 Å². The smallest absolute Gasteiger partial charge is 0.0925 e. The van der Waals surface area contributed by atoms with Gasteiger partial charge in [-0.15, -0.1) is 0 Å². The Labute approximate surface area is 168 Å². The fraction of sp³-hybridized carbons (Fsp3) is 0.143. The van der Waals surface area contributed by atoms with Crippen LogP contribution in [0.1, 0.15) is 11.1 Å². The zero-order valence-electron chi connectivity index (χ0n) is 10.5. The molecule has 2 rings (SSSR count). The Kier molecular flexibility index (Phi) is 6.02. The van der Waals surface area contributed by atoms with E-state index < -0.39 is 8.67 Å². The topological polar surface area (TPSA) is 0 Å². The number of hydrogen-bond donors (Lipinski definition) is 0. The molecule has 8 heteroatoms. The third-order valence-electron chi connectivity index (χ3n) is 2.97. The van der Waals surface area contributed by atoms with Crippen molar-refractivity contribution >= 4 is 92.8 Å². The normalized spacial score (nSPS) is 12.5. The van der Waals surface area contributed by atoms with Crippen molar-refractivity contribution in [1.29, 1.82) is 0 Å². The van der Waals surface area contributed by atoms with Gasteiger partial charge in [0.2, 0.25) is 0 Å². The molecule has 0 aliphatic rings. The molecule has 0 spiro atoms. The van der Waals surface area contributed by atoms with E-state index in [0.29, 0.717) is 5.56 Å². The molecule has 0 nitrogen and oxygen atoms in total. The highest BCUT2D eigenvalue weighted by Crippen LogP contribution is 2.59. The molecular formula is C14H6Cl8. The SMILES string of the molecule is Clc1cc(C(Cl)(Cl)C(Cl)(Cl)c2ccccc2)c(Cl)c(Cl)c1Cl. The lowest BCUT2D eigenvalue weighted by Gasteiger charge is -2.34. The van der Waals surface area contributed by atoms with E-state index >= 15 is 0 Å². The number of rotatable bonds is 3. The number of hydrogen-bond acceptors (Lipinski definition) is 0. The van der Waals surface area contributed by atoms with Gasteiger partial charge in [0.1, 0.15) is 0 Å². The van der Waals surface area contributed by atoms with Crippen LogP contribution in [0.4, 0.5) is 0 Å². The Balaban J connectivity index is 2.65. The van der Waals surface area contributed by atoms with Gasteiger partial charge < -0.3 is 0 Å². The van der Waals surface area contributed by atoms with E-state index in [4.69, 9.17) is 92.8 Å². The third kappa shape index (κ3) is 3.27. The van der Waals surface area contributed by atoms with Crippen molar-refractivity contribution in [2.24, 2.45) is 0 Å². The molecule has 0 unspecified atom stereocenters. The van der Waals surface area contributed by atoms with Crippen LogP contribution in [0.15, 0.2) is 36.4 Å². The van der Waals surface area contributed by atoms with E-state index in [9.17, 15) is 0 Å². The van der Waals surface area contributed by atoms with Gasteiger partial charge in [0.05, 0.1) is 20.1 Å². The van der Waals surface area contributed by atoms with Gasteiger partial charge in [0.25, 0.3) is 0 Å². The van der Waals surface area contributed by atoms with Crippen molar-refractivity contribution in [3.63, 3.8) is 0 Å². The lowest BCUT2D eigenvalue weighted by Crippen LogP contribution is -2.32. The lowest BCUT2D eigenvalue weighted by atomic mass is 10.0. The molecule has 0 radical (unpaired) electrons. The van der Waals surface area contributed by atoms with Crippen molar-refractivity contribution < 1.29 is 0 Å². The van der Waals surface area contributed by atoms with E-state index in [1.807, 2.05) is 0 Å². The average Bonchev–Trinajstić information content (AvgIpc) is 2.49. The molecule has 0 aromatic heterocycles. The Morgan fingerprint density at radius 2 is 1.18 bits per heavy atom. The van der Waals surface area contributed by atoms with Crippen LogP contribution >= 0.6 is 92.8 Å². The van der Waals surface area contributed by atoms with Crippen LogP contribution in [0.2, 0.25) is 20.1 Å². The number of halogens is 8. The molecule has 0 N–H and O–H groups in total. The number of alkyl halides is 4. The lowest BCUT2D eigenvalue weighted by molar-refractivity contribution is 0.732. The molecule has 0 atom stereocenters. The summed E-state index contributed by atoms with van der Waals surface area (Å²) in [7, 11) is 0. The second-order valence-electron chi connectivity index (χ2n) is 4.36. The van der Waals surface area contributed by atoms with Crippen LogP contribution in [-0.4, -0.2) is 0 Å². The molecule has 0 saturated carbocycles. The Bertz CT molecular complexity index is 694. The molecule has 0 saturated heterocycles. The molecule has 0 aliphatic heterocycles. The van der Waals surface area contributed by atoms with Crippen molar-refractivity contribution in [2.45, 2.75) is 8.67 Å². The van der Waals surface area contributed by atoms with Crippen LogP contribution in [0.25, 0.3) is 0 Å². The molecule has 2 aromatic rings. The molecule has 2 aromatic carbocycles. The maximum absolute atomic E-state index is 6.45. The van der Waals surface area contributed by atoms with Crippen LogP contribution in [0.5, 0.6) is 0 Å². The summed E-state index contributed by atoms with van der Waals surface area (Å²) in [6, 6.07) is 10.1. The van der Waals surface area contributed by atoms with Crippen LogP contribution < -0.4 is 0 Å². The van der Waals surface area contributed by atoms with E-state index in [1.165, 1.54) is 6.07 Å². The fourth-order valence-corrected chi connectivity index (χ4v) is 3.81. The maximum atomic E-state index is 6.45. The first kappa shape index (κ1) is 19.1. The summed E-state index contributed by atoms with van der Waals surface area (Å²) < 4.78 is -3.53. The molecular weight excluding hydrogens is 452 g/mol. The highest BCUT2D eigenvalue weighted by Gasteiger charge is 2.51. The molecule has 0 bridgehead atoms. The minimum absolute atomic E-state index is 0.0219. The molecule has 22 heavy (non-hydrogen) atoms. The Morgan fingerprint density at radius 3 is 1.73 bits per heavy atom. The maximum Gasteiger partial charge on any atom is 0.181 e. The van der Waals surface area contributed by atoms with Crippen molar-refractivity contribution in [1.82, 2.24) is 0 Å². The molecule has 0 heterocycles. The molecule has 0 amide bonds. The second kappa shape index (κ2) is 6.94. The summed E-state index contributed by atoms with van der Waals surface area (Å²) in [5.41, 5.74) is 0.646. The largest absolute Gasteiger partial charge is 0.181 e. The van der Waals surface area contributed by atoms with E-state index in [-0.39, 0.29) is 25.7 Å². The predicted molar refractivity (Wildman–Crippen MR) is 99.7 cm³/mol. The summed E-state index contributed by atoms with van der Waals surface area (Å²) in [6.45, 7) is 0. The zero-order chi connectivity index (χ0) is 16.7. The van der Waals surface area contributed by atoms with E-state index in [0.717, 1.165) is 0 Å². The first-order valence-corrected chi connectivity index (χ1v) is 8.77. The highest BCUT2D eigenvalue weighted by atomic mass is 35.5. The van der Waals surface area contributed by atoms with Gasteiger partial charge in [-0.2, -0.15) is 0 Å². The Morgan fingerprint density at radius 1 is 0.636 bits per heavy atom. The summed E-state index contributed by atoms with van der Waals surface area (Å²) in [6.07, 6.45) is 0. The van der Waals surface area contributed by atoms with Crippen LogP contribution in [0.3, 0.4) is 0 Å². The van der Waals surface area contributed by atoms with E-state index in [2.05, 4.69) is 0 Å². The van der Waals surface area contributed by atoms with Gasteiger partial charge >= 0.3 is 0 Å². The van der Waals surface area contributed by atoms with Crippen LogP contribution in [-0.2, 0) is 8.67 Å². The zero-order valence-corrected chi connectivity index (χ0v) is 16.5. The Hall–Kier alpha value is 0.760. The van der Waals surface area contributed by atoms with Gasteiger partial charge in [0, 0.05) is 5.56 Å². The first-order valence-electron chi connectivity index (χ1n) is 5.75. The third-order valence-corrected chi connectivity index (χ3v) is 7.09. The summed E-state index contributed by atoms with van der Waals surface area (Å²) in [5, 5.41) is 0.279. The van der Waals surface area contributed by atoms with Gasteiger partial charge in [-0.05, 0) is 11.6 Å². The predicted octanol–water partition coefficient (Wildman–Crippen LogP) is 8.26. The number of benzene rings is 2. The minimum atomic E-state index is -1.83. The average molecular weight is 458 g/mol. The van der Waals surface area contributed by atoms with Crippen molar-refractivity contribution in [3.05, 3.63) is 67.6 Å². The second-order valence-corrected chi connectivity index (χ2v) is 8.56.